The van der Waals surface area contributed by atoms with Crippen LogP contribution in [0.15, 0.2) is 23.6 Å². The minimum absolute atomic E-state index is 0.0603. The fraction of sp³-hybridized carbons (Fsp3) is 0.438. The Morgan fingerprint density at radius 1 is 1.24 bits per heavy atom. The first-order valence-electron chi connectivity index (χ1n) is 6.89. The molecular weight excluding hydrogens is 323 g/mol. The van der Waals surface area contributed by atoms with Gasteiger partial charge in [-0.15, -0.1) is 11.3 Å². The lowest BCUT2D eigenvalue weighted by Gasteiger charge is -2.18. The van der Waals surface area contributed by atoms with Gasteiger partial charge in [-0.25, -0.2) is 4.98 Å². The molecule has 0 aliphatic rings. The van der Waals surface area contributed by atoms with Crippen molar-refractivity contribution in [1.82, 2.24) is 10.3 Å². The predicted octanol–water partition coefficient (Wildman–Crippen LogP) is 5.25. The lowest BCUT2D eigenvalue weighted by Crippen LogP contribution is -2.20. The van der Waals surface area contributed by atoms with Gasteiger partial charge in [0.05, 0.1) is 10.7 Å². The van der Waals surface area contributed by atoms with Crippen molar-refractivity contribution in [1.29, 1.82) is 0 Å². The number of aromatic nitrogens is 1. The number of nitrogens with zero attached hydrogens (tertiary/aromatic N) is 1. The van der Waals surface area contributed by atoms with E-state index in [0.717, 1.165) is 22.7 Å². The molecule has 5 heteroatoms. The van der Waals surface area contributed by atoms with E-state index in [1.807, 2.05) is 25.2 Å². The van der Waals surface area contributed by atoms with E-state index in [-0.39, 0.29) is 11.5 Å². The topological polar surface area (TPSA) is 24.9 Å². The molecule has 0 amide bonds. The normalized spacial score (nSPS) is 13.4. The Kier molecular flexibility index (Phi) is 5.31. The molecule has 0 bridgehead atoms. The summed E-state index contributed by atoms with van der Waals surface area (Å²) >= 11 is 14.3. The van der Waals surface area contributed by atoms with E-state index in [4.69, 9.17) is 28.2 Å². The van der Waals surface area contributed by atoms with E-state index in [1.165, 1.54) is 0 Å². The molecule has 21 heavy (non-hydrogen) atoms. The lowest BCUT2D eigenvalue weighted by molar-refractivity contribution is 0.560. The van der Waals surface area contributed by atoms with Crippen LogP contribution in [-0.4, -0.2) is 12.0 Å². The summed E-state index contributed by atoms with van der Waals surface area (Å²) in [6, 6.07) is 5.66. The SMILES string of the molecule is CNC(Cc1nc(C(C)(C)C)cs1)c1c(Cl)cccc1Cl. The molecule has 0 saturated carbocycles. The van der Waals surface area contributed by atoms with Gasteiger partial charge in [-0.2, -0.15) is 0 Å². The van der Waals surface area contributed by atoms with Crippen molar-refractivity contribution < 1.29 is 0 Å². The van der Waals surface area contributed by atoms with Crippen molar-refractivity contribution in [3.63, 3.8) is 0 Å². The van der Waals surface area contributed by atoms with Crippen molar-refractivity contribution in [3.8, 4) is 0 Å². The van der Waals surface area contributed by atoms with Crippen LogP contribution in [-0.2, 0) is 11.8 Å². The Morgan fingerprint density at radius 2 is 1.86 bits per heavy atom. The molecule has 0 saturated heterocycles. The van der Waals surface area contributed by atoms with E-state index in [0.29, 0.717) is 10.0 Å². The molecule has 1 atom stereocenters. The van der Waals surface area contributed by atoms with Crippen LogP contribution in [0.1, 0.15) is 43.1 Å². The zero-order valence-electron chi connectivity index (χ0n) is 12.7. The van der Waals surface area contributed by atoms with Gasteiger partial charge in [0, 0.05) is 38.9 Å². The largest absolute Gasteiger partial charge is 0.313 e. The minimum atomic E-state index is 0.0603. The average Bonchev–Trinajstić information content (AvgIpc) is 2.85. The highest BCUT2D eigenvalue weighted by molar-refractivity contribution is 7.09. The number of rotatable bonds is 4. The van der Waals surface area contributed by atoms with Crippen LogP contribution in [0.25, 0.3) is 0 Å². The Bertz CT molecular complexity index is 597. The molecule has 1 heterocycles. The summed E-state index contributed by atoms with van der Waals surface area (Å²) in [4.78, 5) is 4.75. The standard InChI is InChI=1S/C16H20Cl2N2S/c1-16(2,3)13-9-21-14(20-13)8-12(19-4)15-10(17)6-5-7-11(15)18/h5-7,9,12,19H,8H2,1-4H3. The molecule has 1 aromatic carbocycles. The Labute approximate surface area is 140 Å². The maximum atomic E-state index is 6.31. The van der Waals surface area contributed by atoms with Gasteiger partial charge < -0.3 is 5.32 Å². The molecular formula is C16H20Cl2N2S. The van der Waals surface area contributed by atoms with Crippen LogP contribution in [0.2, 0.25) is 10.0 Å². The molecule has 1 unspecified atom stereocenters. The minimum Gasteiger partial charge on any atom is -0.313 e. The molecule has 0 aliphatic carbocycles. The number of hydrogen-bond acceptors (Lipinski definition) is 3. The third kappa shape index (κ3) is 3.98. The summed E-state index contributed by atoms with van der Waals surface area (Å²) in [5, 5.41) is 7.90. The van der Waals surface area contributed by atoms with Crippen molar-refractivity contribution >= 4 is 34.5 Å². The van der Waals surface area contributed by atoms with Gasteiger partial charge in [0.25, 0.3) is 0 Å². The van der Waals surface area contributed by atoms with Crippen molar-refractivity contribution in [2.75, 3.05) is 7.05 Å². The Hall–Kier alpha value is -0.610. The fourth-order valence-electron chi connectivity index (χ4n) is 2.12. The van der Waals surface area contributed by atoms with Gasteiger partial charge >= 0.3 is 0 Å². The quantitative estimate of drug-likeness (QED) is 0.820. The number of halogens is 2. The highest BCUT2D eigenvalue weighted by atomic mass is 35.5. The first kappa shape index (κ1) is 16.8. The maximum absolute atomic E-state index is 6.31. The van der Waals surface area contributed by atoms with Crippen LogP contribution >= 0.6 is 34.5 Å². The number of nitrogens with one attached hydrogen (secondary N) is 1. The second kappa shape index (κ2) is 6.66. The molecule has 0 fully saturated rings. The summed E-state index contributed by atoms with van der Waals surface area (Å²) < 4.78 is 0. The van der Waals surface area contributed by atoms with Crippen LogP contribution in [0.4, 0.5) is 0 Å². The Balaban J connectivity index is 2.26. The molecule has 1 N–H and O–H groups in total. The van der Waals surface area contributed by atoms with Gasteiger partial charge in [-0.3, -0.25) is 0 Å². The molecule has 2 nitrogen and oxygen atoms in total. The van der Waals surface area contributed by atoms with Crippen molar-refractivity contribution in [2.45, 2.75) is 38.6 Å². The number of hydrogen-bond donors (Lipinski definition) is 1. The Morgan fingerprint density at radius 3 is 2.33 bits per heavy atom. The summed E-state index contributed by atoms with van der Waals surface area (Å²) in [6.07, 6.45) is 0.778. The highest BCUT2D eigenvalue weighted by Gasteiger charge is 2.21. The van der Waals surface area contributed by atoms with Gasteiger partial charge in [0.15, 0.2) is 0 Å². The van der Waals surface area contributed by atoms with Gasteiger partial charge in [0.1, 0.15) is 0 Å². The zero-order valence-corrected chi connectivity index (χ0v) is 15.0. The van der Waals surface area contributed by atoms with Crippen LogP contribution < -0.4 is 5.32 Å². The van der Waals surface area contributed by atoms with E-state index < -0.39 is 0 Å². The van der Waals surface area contributed by atoms with E-state index >= 15 is 0 Å². The predicted molar refractivity (Wildman–Crippen MR) is 92.8 cm³/mol. The molecule has 0 aliphatic heterocycles. The molecule has 0 spiro atoms. The van der Waals surface area contributed by atoms with Gasteiger partial charge in [-0.05, 0) is 19.2 Å². The summed E-state index contributed by atoms with van der Waals surface area (Å²) in [7, 11) is 1.92. The first-order valence-corrected chi connectivity index (χ1v) is 8.52. The highest BCUT2D eigenvalue weighted by Crippen LogP contribution is 2.33. The second-order valence-electron chi connectivity index (χ2n) is 6.06. The van der Waals surface area contributed by atoms with Crippen molar-refractivity contribution in [3.05, 3.63) is 49.9 Å². The van der Waals surface area contributed by atoms with Crippen molar-refractivity contribution in [2.24, 2.45) is 0 Å². The molecule has 1 aromatic heterocycles. The second-order valence-corrected chi connectivity index (χ2v) is 7.81. The van der Waals surface area contributed by atoms with Crippen LogP contribution in [0.3, 0.4) is 0 Å². The molecule has 114 valence electrons. The number of likely N-dealkylation sites (N-methyl/N-ethyl adjacent to an activating group) is 1. The monoisotopic (exact) mass is 342 g/mol. The van der Waals surface area contributed by atoms with E-state index in [2.05, 4.69) is 31.5 Å². The van der Waals surface area contributed by atoms with Gasteiger partial charge in [-0.1, -0.05) is 50.0 Å². The summed E-state index contributed by atoms with van der Waals surface area (Å²) in [5.41, 5.74) is 2.14. The molecule has 2 aromatic rings. The first-order chi connectivity index (χ1) is 9.82. The molecule has 0 radical (unpaired) electrons. The third-order valence-corrected chi connectivity index (χ3v) is 4.93. The third-order valence-electron chi connectivity index (χ3n) is 3.40. The summed E-state index contributed by atoms with van der Waals surface area (Å²) in [6.45, 7) is 6.52. The zero-order chi connectivity index (χ0) is 15.6. The fourth-order valence-corrected chi connectivity index (χ4v) is 3.84. The van der Waals surface area contributed by atoms with Gasteiger partial charge in [0.2, 0.25) is 0 Å². The average molecular weight is 343 g/mol. The van der Waals surface area contributed by atoms with E-state index in [9.17, 15) is 0 Å². The van der Waals surface area contributed by atoms with Crippen LogP contribution in [0.5, 0.6) is 0 Å². The van der Waals surface area contributed by atoms with Crippen LogP contribution in [0, 0.1) is 0 Å². The number of benzene rings is 1. The summed E-state index contributed by atoms with van der Waals surface area (Å²) in [5.74, 6) is 0. The molecule has 2 rings (SSSR count). The maximum Gasteiger partial charge on any atom is 0.0947 e. The smallest absolute Gasteiger partial charge is 0.0947 e. The lowest BCUT2D eigenvalue weighted by atomic mass is 9.93. The van der Waals surface area contributed by atoms with E-state index in [1.54, 1.807) is 11.3 Å². The number of thiazole rings is 1.